The topological polar surface area (TPSA) is 155 Å². The minimum Gasteiger partial charge on any atom is -0.368 e. The van der Waals surface area contributed by atoms with Crippen molar-refractivity contribution in [2.75, 3.05) is 43.7 Å². The molecule has 0 bridgehead atoms. The highest BCUT2D eigenvalue weighted by Crippen LogP contribution is 2.45. The van der Waals surface area contributed by atoms with Crippen LogP contribution in [-0.2, 0) is 23.1 Å². The number of hydrogen-bond donors (Lipinski definition) is 2. The van der Waals surface area contributed by atoms with E-state index in [1.54, 1.807) is 36.6 Å². The van der Waals surface area contributed by atoms with Crippen LogP contribution in [0.15, 0.2) is 6.33 Å². The van der Waals surface area contributed by atoms with Crippen molar-refractivity contribution >= 4 is 47.6 Å². The van der Waals surface area contributed by atoms with Crippen molar-refractivity contribution in [3.05, 3.63) is 6.33 Å². The van der Waals surface area contributed by atoms with Crippen LogP contribution in [0.2, 0.25) is 0 Å². The number of phosphoric ester groups is 1. The van der Waals surface area contributed by atoms with Gasteiger partial charge < -0.3 is 20.3 Å². The first-order chi connectivity index (χ1) is 16.3. The molecule has 35 heavy (non-hydrogen) atoms. The van der Waals surface area contributed by atoms with Gasteiger partial charge in [-0.3, -0.25) is 18.4 Å². The van der Waals surface area contributed by atoms with Crippen molar-refractivity contribution in [1.82, 2.24) is 19.5 Å². The summed E-state index contributed by atoms with van der Waals surface area (Å²) >= 11 is 1.04. The van der Waals surface area contributed by atoms with E-state index < -0.39 is 25.6 Å². The number of aromatic nitrogens is 4. The minimum absolute atomic E-state index is 0.0303. The van der Waals surface area contributed by atoms with Crippen molar-refractivity contribution < 1.29 is 28.0 Å². The Hall–Kier alpha value is -2.20. The number of nitrogens with two attached hydrogens (primary N) is 1. The molecule has 0 aliphatic carbocycles. The molecule has 2 aromatic rings. The lowest BCUT2D eigenvalue weighted by molar-refractivity contribution is -0.117. The number of anilines is 2. The lowest BCUT2D eigenvalue weighted by atomic mass is 10.00. The zero-order valence-corrected chi connectivity index (χ0v) is 22.1. The molecule has 0 radical (unpaired) electrons. The Balaban J connectivity index is 1.61. The highest BCUT2D eigenvalue weighted by Gasteiger charge is 2.38. The van der Waals surface area contributed by atoms with Crippen molar-refractivity contribution in [1.29, 1.82) is 0 Å². The van der Waals surface area contributed by atoms with E-state index in [4.69, 9.17) is 25.9 Å². The van der Waals surface area contributed by atoms with Crippen LogP contribution in [0.3, 0.4) is 0 Å². The van der Waals surface area contributed by atoms with Gasteiger partial charge in [0.1, 0.15) is 0 Å². The van der Waals surface area contributed by atoms with E-state index in [2.05, 4.69) is 20.9 Å². The standard InChI is InChI=1S/C21H31N6O6PS/c1-7-13-10-14(11-32-34(29,30)31-8-9-35-19(28)21(2,3)4)33-18(13)27-12-23-15-16(26(5)6)24-20(22)25-17(15)27/h1,12-14,18H,8-11H2,2-6H3,(H,29,30)(H2,22,24,25)/t13-,14-,18+/m0/s1. The molecule has 0 aromatic carbocycles. The lowest BCUT2D eigenvalue weighted by Gasteiger charge is -2.19. The molecule has 3 heterocycles. The Bertz CT molecular complexity index is 1160. The van der Waals surface area contributed by atoms with Gasteiger partial charge in [-0.25, -0.2) is 9.55 Å². The number of ether oxygens (including phenoxy) is 1. The first-order valence-corrected chi connectivity index (χ1v) is 13.4. The summed E-state index contributed by atoms with van der Waals surface area (Å²) in [7, 11) is -0.696. The summed E-state index contributed by atoms with van der Waals surface area (Å²) < 4.78 is 30.1. The number of phosphoric acid groups is 1. The number of carbonyl (C=O) groups is 1. The van der Waals surface area contributed by atoms with Crippen LogP contribution in [0.4, 0.5) is 11.8 Å². The molecular weight excluding hydrogens is 495 g/mol. The SMILES string of the molecule is C#C[C@H]1C[C@@H](COP(=O)(O)OCCSC(=O)C(C)(C)C)O[C@H]1n1cnc2c(N(C)C)nc(N)nc21. The van der Waals surface area contributed by atoms with Gasteiger partial charge in [0.25, 0.3) is 0 Å². The summed E-state index contributed by atoms with van der Waals surface area (Å²) in [4.78, 5) is 36.6. The van der Waals surface area contributed by atoms with E-state index in [9.17, 15) is 14.3 Å². The van der Waals surface area contributed by atoms with Gasteiger partial charge >= 0.3 is 7.82 Å². The van der Waals surface area contributed by atoms with Crippen LogP contribution < -0.4 is 10.6 Å². The van der Waals surface area contributed by atoms with Crippen molar-refractivity contribution in [3.63, 3.8) is 0 Å². The Morgan fingerprint density at radius 1 is 1.43 bits per heavy atom. The quantitative estimate of drug-likeness (QED) is 0.280. The molecule has 3 rings (SSSR count). The predicted molar refractivity (Wildman–Crippen MR) is 134 cm³/mol. The van der Waals surface area contributed by atoms with E-state index >= 15 is 0 Å². The van der Waals surface area contributed by atoms with Crippen molar-refractivity contribution in [2.45, 2.75) is 39.5 Å². The molecule has 192 valence electrons. The fourth-order valence-electron chi connectivity index (χ4n) is 3.40. The summed E-state index contributed by atoms with van der Waals surface area (Å²) in [6.07, 6.45) is 6.49. The van der Waals surface area contributed by atoms with Gasteiger partial charge in [-0.05, 0) is 6.42 Å². The smallest absolute Gasteiger partial charge is 0.368 e. The molecule has 12 nitrogen and oxygen atoms in total. The third-order valence-corrected chi connectivity index (χ3v) is 7.36. The molecule has 2 aromatic heterocycles. The number of hydrogen-bond acceptors (Lipinski definition) is 11. The first kappa shape index (κ1) is 27.4. The van der Waals surface area contributed by atoms with Crippen LogP contribution in [0, 0.1) is 23.7 Å². The highest BCUT2D eigenvalue weighted by molar-refractivity contribution is 8.13. The molecule has 1 aliphatic rings. The summed E-state index contributed by atoms with van der Waals surface area (Å²) in [6, 6.07) is 0. The summed E-state index contributed by atoms with van der Waals surface area (Å²) in [6.45, 7) is 5.09. The van der Waals surface area contributed by atoms with Gasteiger partial charge in [0.05, 0.1) is 31.6 Å². The fraction of sp³-hybridized carbons (Fsp3) is 0.619. The van der Waals surface area contributed by atoms with E-state index in [-0.39, 0.29) is 35.9 Å². The van der Waals surface area contributed by atoms with E-state index in [1.807, 2.05) is 14.1 Å². The normalized spacial score (nSPS) is 22.1. The van der Waals surface area contributed by atoms with Crippen LogP contribution in [0.25, 0.3) is 11.2 Å². The third kappa shape index (κ3) is 6.73. The summed E-state index contributed by atoms with van der Waals surface area (Å²) in [5, 5.41) is -0.0303. The summed E-state index contributed by atoms with van der Waals surface area (Å²) in [5.74, 6) is 3.21. The number of thioether (sulfide) groups is 1. The Morgan fingerprint density at radius 3 is 2.77 bits per heavy atom. The number of nitrogen functional groups attached to an aromatic ring is 1. The third-order valence-electron chi connectivity index (χ3n) is 5.13. The fourth-order valence-corrected chi connectivity index (χ4v) is 5.06. The molecule has 0 amide bonds. The Labute approximate surface area is 208 Å². The number of rotatable bonds is 9. The van der Waals surface area contributed by atoms with Crippen molar-refractivity contribution in [3.8, 4) is 12.3 Å². The molecule has 0 spiro atoms. The van der Waals surface area contributed by atoms with Crippen LogP contribution in [-0.4, -0.2) is 68.7 Å². The zero-order valence-electron chi connectivity index (χ0n) is 20.4. The molecule has 1 fully saturated rings. The van der Waals surface area contributed by atoms with Gasteiger partial charge in [0.15, 0.2) is 28.3 Å². The largest absolute Gasteiger partial charge is 0.472 e. The maximum absolute atomic E-state index is 12.3. The van der Waals surface area contributed by atoms with E-state index in [1.165, 1.54) is 0 Å². The maximum Gasteiger partial charge on any atom is 0.472 e. The van der Waals surface area contributed by atoms with E-state index in [0.29, 0.717) is 23.4 Å². The van der Waals surface area contributed by atoms with Crippen LogP contribution >= 0.6 is 19.6 Å². The highest BCUT2D eigenvalue weighted by atomic mass is 32.2. The number of terminal acetylenes is 1. The molecule has 0 saturated carbocycles. The lowest BCUT2D eigenvalue weighted by Crippen LogP contribution is -2.18. The molecule has 4 atom stereocenters. The van der Waals surface area contributed by atoms with E-state index in [0.717, 1.165) is 11.8 Å². The van der Waals surface area contributed by atoms with Gasteiger partial charge in [-0.2, -0.15) is 9.97 Å². The average molecular weight is 527 g/mol. The molecule has 1 unspecified atom stereocenters. The van der Waals surface area contributed by atoms with Gasteiger partial charge in [-0.1, -0.05) is 38.5 Å². The molecular formula is C21H31N6O6PS. The molecule has 1 saturated heterocycles. The Kier molecular flexibility index (Phi) is 8.47. The maximum atomic E-state index is 12.3. The molecule has 14 heteroatoms. The first-order valence-electron chi connectivity index (χ1n) is 10.9. The Morgan fingerprint density at radius 2 is 2.14 bits per heavy atom. The number of fused-ring (bicyclic) bond motifs is 1. The zero-order chi connectivity index (χ0) is 26.0. The van der Waals surface area contributed by atoms with Crippen LogP contribution in [0.5, 0.6) is 0 Å². The summed E-state index contributed by atoms with van der Waals surface area (Å²) in [5.41, 5.74) is 6.39. The number of nitrogens with zero attached hydrogens (tertiary/aromatic N) is 5. The molecule has 3 N–H and O–H groups in total. The second-order valence-electron chi connectivity index (χ2n) is 9.26. The van der Waals surface area contributed by atoms with Gasteiger partial charge in [0, 0.05) is 25.3 Å². The second-order valence-corrected chi connectivity index (χ2v) is 11.8. The average Bonchev–Trinajstić information content (AvgIpc) is 3.37. The van der Waals surface area contributed by atoms with Crippen molar-refractivity contribution in [2.24, 2.45) is 11.3 Å². The van der Waals surface area contributed by atoms with Gasteiger partial charge in [-0.15, -0.1) is 6.42 Å². The van der Waals surface area contributed by atoms with Gasteiger partial charge in [0.2, 0.25) is 5.95 Å². The number of carbonyl (C=O) groups excluding carboxylic acids is 1. The molecule has 1 aliphatic heterocycles. The monoisotopic (exact) mass is 526 g/mol. The van der Waals surface area contributed by atoms with Crippen LogP contribution in [0.1, 0.15) is 33.4 Å². The number of imidazole rings is 1. The predicted octanol–water partition coefficient (Wildman–Crippen LogP) is 2.45. The minimum atomic E-state index is -4.34. The second kappa shape index (κ2) is 10.8.